The third-order valence-corrected chi connectivity index (χ3v) is 13.1. The number of allylic oxidation sites excluding steroid dienone is 8. The van der Waals surface area contributed by atoms with E-state index in [2.05, 4.69) is 82.3 Å². The average molecular weight is 963 g/mol. The molecule has 2 unspecified atom stereocenters. The second-order valence-electron chi connectivity index (χ2n) is 13.6. The van der Waals surface area contributed by atoms with E-state index in [9.17, 15) is 30.7 Å². The quantitative estimate of drug-likeness (QED) is 0.0592. The Hall–Kier alpha value is -2.38. The van der Waals surface area contributed by atoms with E-state index in [0.717, 1.165) is 40.3 Å². The van der Waals surface area contributed by atoms with Gasteiger partial charge in [0.25, 0.3) is 5.37 Å². The molecule has 0 saturated heterocycles. The highest BCUT2D eigenvalue weighted by atomic mass is 127. The number of carboxylic acids is 1. The maximum Gasteiger partial charge on any atom is 0.329 e. The minimum atomic E-state index is -4.76. The highest BCUT2D eigenvalue weighted by Gasteiger charge is 2.50. The van der Waals surface area contributed by atoms with Crippen LogP contribution in [0.5, 0.6) is 0 Å². The standard InChI is InChI=1S/C37H44I2N2O8S2/c1-6-15-33(51(47,48)49)41-29-20-19-26(50(44,45)46)24-27(29)36(2,3)31(41)16-11-8-7-9-12-17-32-37(4,21-14-10-13-18-34(42)43)35-28(39)22-25(38)23-30(35)40(32)5/h7-9,11-12,16-17,19-20,22-24,33H,6,10,13-15,18,21H2,1-5H3,(H2-,42,43,44,45,46,47,48,49). The smallest absolute Gasteiger partial charge is 0.329 e. The number of rotatable bonds is 15. The van der Waals surface area contributed by atoms with Gasteiger partial charge in [-0.25, -0.2) is 8.42 Å². The van der Waals surface area contributed by atoms with E-state index in [4.69, 9.17) is 5.11 Å². The van der Waals surface area contributed by atoms with Crippen molar-refractivity contribution in [2.24, 2.45) is 0 Å². The summed E-state index contributed by atoms with van der Waals surface area (Å²) >= 11 is 4.74. The Bertz CT molecular complexity index is 2070. The molecule has 4 rings (SSSR count). The van der Waals surface area contributed by atoms with Crippen molar-refractivity contribution in [3.05, 3.63) is 96.8 Å². The molecule has 0 aliphatic carbocycles. The molecule has 2 N–H and O–H groups in total. The van der Waals surface area contributed by atoms with Gasteiger partial charge in [-0.1, -0.05) is 50.1 Å². The average Bonchev–Trinajstić information content (AvgIpc) is 3.36. The molecule has 2 aromatic carbocycles. The predicted octanol–water partition coefficient (Wildman–Crippen LogP) is 8.19. The lowest BCUT2D eigenvalue weighted by molar-refractivity contribution is -0.458. The van der Waals surface area contributed by atoms with Crippen molar-refractivity contribution in [3.63, 3.8) is 0 Å². The number of aliphatic carboxylic acids is 1. The number of hydrogen-bond acceptors (Lipinski definition) is 7. The topological polar surface area (TPSA) is 155 Å². The van der Waals surface area contributed by atoms with Gasteiger partial charge in [-0.15, -0.1) is 0 Å². The van der Waals surface area contributed by atoms with Crippen LogP contribution in [0.2, 0.25) is 0 Å². The molecule has 0 saturated carbocycles. The summed E-state index contributed by atoms with van der Waals surface area (Å²) in [6, 6.07) is 8.24. The molecule has 2 atom stereocenters. The van der Waals surface area contributed by atoms with Crippen LogP contribution in [0.1, 0.15) is 83.8 Å². The fraction of sp³-hybridized carbons (Fsp3) is 0.405. The van der Waals surface area contributed by atoms with E-state index in [1.54, 1.807) is 18.2 Å². The molecule has 276 valence electrons. The van der Waals surface area contributed by atoms with E-state index in [-0.39, 0.29) is 18.3 Å². The lowest BCUT2D eigenvalue weighted by Gasteiger charge is -2.29. The lowest BCUT2D eigenvalue weighted by Crippen LogP contribution is -2.36. The number of carboxylic acid groups (broad SMARTS) is 1. The van der Waals surface area contributed by atoms with Crippen molar-refractivity contribution in [1.29, 1.82) is 0 Å². The first kappa shape index (κ1) is 41.4. The Labute approximate surface area is 328 Å². The Morgan fingerprint density at radius 1 is 1.00 bits per heavy atom. The van der Waals surface area contributed by atoms with Crippen molar-refractivity contribution in [2.45, 2.75) is 93.7 Å². The Morgan fingerprint density at radius 2 is 1.67 bits per heavy atom. The molecule has 0 fully saturated rings. The third-order valence-electron chi connectivity index (χ3n) is 9.65. The Kier molecular flexibility index (Phi) is 13.2. The number of anilines is 1. The first-order chi connectivity index (χ1) is 23.7. The largest absolute Gasteiger partial charge is 0.744 e. The Morgan fingerprint density at radius 3 is 2.29 bits per heavy atom. The van der Waals surface area contributed by atoms with Crippen molar-refractivity contribution in [2.75, 3.05) is 11.9 Å². The van der Waals surface area contributed by atoms with Gasteiger partial charge >= 0.3 is 16.1 Å². The molecule has 10 nitrogen and oxygen atoms in total. The lowest BCUT2D eigenvalue weighted by atomic mass is 9.77. The zero-order chi connectivity index (χ0) is 37.9. The van der Waals surface area contributed by atoms with Crippen LogP contribution in [0.4, 0.5) is 11.4 Å². The monoisotopic (exact) mass is 962 g/mol. The molecule has 0 bridgehead atoms. The van der Waals surface area contributed by atoms with Gasteiger partial charge in [-0.2, -0.15) is 13.0 Å². The van der Waals surface area contributed by atoms with Gasteiger partial charge in [-0.3, -0.25) is 9.35 Å². The summed E-state index contributed by atoms with van der Waals surface area (Å²) in [4.78, 5) is 12.8. The van der Waals surface area contributed by atoms with Crippen LogP contribution in [0.3, 0.4) is 0 Å². The van der Waals surface area contributed by atoms with E-state index in [1.807, 2.05) is 39.0 Å². The Balaban J connectivity index is 1.65. The molecule has 2 aliphatic heterocycles. The molecule has 2 aliphatic rings. The number of nitrogens with zero attached hydrogens (tertiary/aromatic N) is 2. The number of fused-ring (bicyclic) bond motifs is 2. The maximum absolute atomic E-state index is 12.6. The highest BCUT2D eigenvalue weighted by molar-refractivity contribution is 14.1. The molecule has 2 heterocycles. The maximum atomic E-state index is 12.6. The van der Waals surface area contributed by atoms with Gasteiger partial charge in [-0.05, 0) is 116 Å². The summed E-state index contributed by atoms with van der Waals surface area (Å²) in [7, 11) is -7.24. The number of unbranched alkanes of at least 4 members (excludes halogenated alkanes) is 2. The van der Waals surface area contributed by atoms with Gasteiger partial charge in [0.1, 0.15) is 10.1 Å². The highest BCUT2D eigenvalue weighted by Crippen LogP contribution is 2.52. The van der Waals surface area contributed by atoms with E-state index in [1.165, 1.54) is 25.8 Å². The van der Waals surface area contributed by atoms with Crippen LogP contribution >= 0.6 is 45.2 Å². The van der Waals surface area contributed by atoms with Crippen molar-refractivity contribution in [3.8, 4) is 0 Å². The van der Waals surface area contributed by atoms with Crippen molar-refractivity contribution in [1.82, 2.24) is 0 Å². The molecule has 14 heteroatoms. The van der Waals surface area contributed by atoms with Gasteiger partial charge in [0.15, 0.2) is 5.71 Å². The molecule has 0 amide bonds. The summed E-state index contributed by atoms with van der Waals surface area (Å²) in [6.07, 6.45) is 17.1. The van der Waals surface area contributed by atoms with Crippen molar-refractivity contribution < 1.29 is 40.4 Å². The van der Waals surface area contributed by atoms with E-state index in [0.29, 0.717) is 29.8 Å². The summed E-state index contributed by atoms with van der Waals surface area (Å²) in [5.41, 5.74) is 3.81. The van der Waals surface area contributed by atoms with E-state index >= 15 is 0 Å². The fourth-order valence-electron chi connectivity index (χ4n) is 7.17. The summed E-state index contributed by atoms with van der Waals surface area (Å²) < 4.78 is 74.9. The molecule has 0 aromatic heterocycles. The zero-order valence-corrected chi connectivity index (χ0v) is 35.2. The molecule has 0 radical (unpaired) electrons. The molecule has 0 spiro atoms. The molecule has 51 heavy (non-hydrogen) atoms. The van der Waals surface area contributed by atoms with Crippen LogP contribution in [0, 0.1) is 7.14 Å². The summed E-state index contributed by atoms with van der Waals surface area (Å²) in [5.74, 6) is -0.774. The zero-order valence-electron chi connectivity index (χ0n) is 29.3. The van der Waals surface area contributed by atoms with Gasteiger partial charge in [0.05, 0.1) is 10.3 Å². The number of halogens is 2. The first-order valence-electron chi connectivity index (χ1n) is 16.7. The SMILES string of the molecule is CCCC([N+]1=C(/C=C/C=C/C=C/C=C2\N(C)c3cc(I)cc(I)c3C2(C)CCCCCC(=O)O)C(C)(C)c2cc(S(=O)(=O)[O-])ccc21)S(=O)(=O)O. The normalized spacial score (nSPS) is 20.3. The minimum Gasteiger partial charge on any atom is -0.744 e. The first-order valence-corrected chi connectivity index (χ1v) is 21.7. The van der Waals surface area contributed by atoms with Gasteiger partial charge in [0, 0.05) is 67.1 Å². The number of likely N-dealkylation sites (N-methyl/N-ethyl adjacent to an activating group) is 1. The third kappa shape index (κ3) is 9.05. The molecular weight excluding hydrogens is 918 g/mol. The van der Waals surface area contributed by atoms with Crippen LogP contribution in [-0.2, 0) is 35.9 Å². The predicted molar refractivity (Wildman–Crippen MR) is 216 cm³/mol. The number of carbonyl (C=O) groups is 1. The van der Waals surface area contributed by atoms with Crippen LogP contribution in [0.15, 0.2) is 83.5 Å². The van der Waals surface area contributed by atoms with Gasteiger partial charge in [0.2, 0.25) is 5.69 Å². The minimum absolute atomic E-state index is 0.123. The summed E-state index contributed by atoms with van der Waals surface area (Å²) in [6.45, 7) is 7.69. The number of hydrogen-bond donors (Lipinski definition) is 2. The van der Waals surface area contributed by atoms with Crippen LogP contribution < -0.4 is 4.90 Å². The fourth-order valence-corrected chi connectivity index (χ4v) is 11.1. The van der Waals surface area contributed by atoms with Crippen LogP contribution in [-0.4, -0.2) is 59.7 Å². The molecular formula is C37H44I2N2O8S2. The van der Waals surface area contributed by atoms with Crippen LogP contribution in [0.25, 0.3) is 0 Å². The summed E-state index contributed by atoms with van der Waals surface area (Å²) in [5, 5.41) is 7.75. The van der Waals surface area contributed by atoms with Crippen molar-refractivity contribution >= 4 is 88.5 Å². The van der Waals surface area contributed by atoms with Gasteiger partial charge < -0.3 is 14.6 Å². The van der Waals surface area contributed by atoms with E-state index < -0.39 is 41.9 Å². The molecule has 2 aromatic rings. The second-order valence-corrected chi connectivity index (χ2v) is 18.9. The number of benzene rings is 2. The second kappa shape index (κ2) is 16.3.